The van der Waals surface area contributed by atoms with E-state index in [1.54, 1.807) is 29.2 Å². The van der Waals surface area contributed by atoms with Crippen molar-refractivity contribution in [3.05, 3.63) is 41.4 Å². The van der Waals surface area contributed by atoms with Gasteiger partial charge in [0, 0.05) is 48.3 Å². The summed E-state index contributed by atoms with van der Waals surface area (Å²) in [6.45, 7) is 0.900. The lowest BCUT2D eigenvalue weighted by Gasteiger charge is -2.17. The molecule has 1 saturated heterocycles. The van der Waals surface area contributed by atoms with E-state index >= 15 is 0 Å². The van der Waals surface area contributed by atoms with Gasteiger partial charge in [0.2, 0.25) is 11.7 Å². The molecule has 0 spiro atoms. The van der Waals surface area contributed by atoms with Crippen LogP contribution in [0.25, 0.3) is 0 Å². The number of carbonyl (C=O) groups is 2. The molecule has 1 atom stereocenters. The third-order valence-corrected chi connectivity index (χ3v) is 5.07. The number of methoxy groups -OCH3 is 3. The molecule has 0 bridgehead atoms. The predicted octanol–water partition coefficient (Wildman–Crippen LogP) is 3.54. The van der Waals surface area contributed by atoms with E-state index < -0.39 is 0 Å². The summed E-state index contributed by atoms with van der Waals surface area (Å²) in [5, 5.41) is 6.18. The summed E-state index contributed by atoms with van der Waals surface area (Å²) < 4.78 is 15.8. The molecule has 2 aromatic rings. The minimum absolute atomic E-state index is 0.0128. The van der Waals surface area contributed by atoms with Gasteiger partial charge in [-0.3, -0.25) is 4.79 Å². The van der Waals surface area contributed by atoms with Gasteiger partial charge >= 0.3 is 6.03 Å². The number of hydrogen-bond acceptors (Lipinski definition) is 5. The van der Waals surface area contributed by atoms with Crippen LogP contribution in [0.1, 0.15) is 6.42 Å². The molecule has 1 heterocycles. The van der Waals surface area contributed by atoms with Gasteiger partial charge in [-0.15, -0.1) is 0 Å². The Morgan fingerprint density at radius 1 is 1.10 bits per heavy atom. The van der Waals surface area contributed by atoms with Gasteiger partial charge in [-0.25, -0.2) is 4.79 Å². The number of benzene rings is 2. The van der Waals surface area contributed by atoms with Gasteiger partial charge < -0.3 is 29.7 Å². The quantitative estimate of drug-likeness (QED) is 0.697. The zero-order chi connectivity index (χ0) is 21.7. The van der Waals surface area contributed by atoms with E-state index in [2.05, 4.69) is 10.6 Å². The molecule has 8 nitrogen and oxygen atoms in total. The Balaban J connectivity index is 1.57. The Hall–Kier alpha value is -3.13. The van der Waals surface area contributed by atoms with Crippen LogP contribution < -0.4 is 29.7 Å². The minimum atomic E-state index is -0.387. The lowest BCUT2D eigenvalue weighted by Crippen LogP contribution is -2.34. The summed E-state index contributed by atoms with van der Waals surface area (Å²) >= 11 is 5.91. The summed E-state index contributed by atoms with van der Waals surface area (Å²) in [5.74, 6) is 1.35. The van der Waals surface area contributed by atoms with E-state index in [4.69, 9.17) is 25.8 Å². The van der Waals surface area contributed by atoms with Crippen molar-refractivity contribution in [2.24, 2.45) is 5.92 Å². The number of carbonyl (C=O) groups excluding carboxylic acids is 2. The summed E-state index contributed by atoms with van der Waals surface area (Å²) in [5.41, 5.74) is 1.29. The van der Waals surface area contributed by atoms with Crippen LogP contribution in [-0.2, 0) is 4.79 Å². The maximum Gasteiger partial charge on any atom is 0.319 e. The lowest BCUT2D eigenvalue weighted by atomic mass is 10.1. The molecule has 0 radical (unpaired) electrons. The molecule has 0 aromatic heterocycles. The summed E-state index contributed by atoms with van der Waals surface area (Å²) in [4.78, 5) is 26.4. The monoisotopic (exact) mass is 433 g/mol. The molecule has 30 heavy (non-hydrogen) atoms. The van der Waals surface area contributed by atoms with E-state index in [-0.39, 0.29) is 17.9 Å². The molecule has 9 heteroatoms. The third-order valence-electron chi connectivity index (χ3n) is 4.82. The van der Waals surface area contributed by atoms with Crippen molar-refractivity contribution in [3.63, 3.8) is 0 Å². The first-order valence-corrected chi connectivity index (χ1v) is 9.73. The Kier molecular flexibility index (Phi) is 6.89. The fraction of sp³-hybridized carbons (Fsp3) is 0.333. The SMILES string of the molecule is COc1cc(NC(=O)NC[C@H]2CC(=O)N(c3ccc(Cl)cc3)C2)cc(OC)c1OC. The second kappa shape index (κ2) is 9.58. The van der Waals surface area contributed by atoms with Crippen molar-refractivity contribution < 1.29 is 23.8 Å². The highest BCUT2D eigenvalue weighted by molar-refractivity contribution is 6.30. The van der Waals surface area contributed by atoms with Crippen LogP contribution in [0.4, 0.5) is 16.2 Å². The van der Waals surface area contributed by atoms with Crippen molar-refractivity contribution in [2.75, 3.05) is 44.6 Å². The molecular weight excluding hydrogens is 410 g/mol. The van der Waals surface area contributed by atoms with Crippen molar-refractivity contribution >= 4 is 34.9 Å². The first kappa shape index (κ1) is 21.6. The van der Waals surface area contributed by atoms with Gasteiger partial charge in [0.1, 0.15) is 0 Å². The molecule has 1 aliphatic heterocycles. The van der Waals surface area contributed by atoms with Gasteiger partial charge in [0.15, 0.2) is 11.5 Å². The number of nitrogens with one attached hydrogen (secondary N) is 2. The van der Waals surface area contributed by atoms with Crippen molar-refractivity contribution in [1.82, 2.24) is 5.32 Å². The molecule has 0 aliphatic carbocycles. The molecule has 2 N–H and O–H groups in total. The summed E-state index contributed by atoms with van der Waals surface area (Å²) in [6.07, 6.45) is 0.368. The maximum absolute atomic E-state index is 12.3. The number of anilines is 2. The maximum atomic E-state index is 12.3. The predicted molar refractivity (Wildman–Crippen MR) is 115 cm³/mol. The Morgan fingerprint density at radius 3 is 2.30 bits per heavy atom. The van der Waals surface area contributed by atoms with Gasteiger partial charge in [-0.1, -0.05) is 11.6 Å². The number of rotatable bonds is 7. The number of urea groups is 1. The fourth-order valence-corrected chi connectivity index (χ4v) is 3.48. The highest BCUT2D eigenvalue weighted by Crippen LogP contribution is 2.39. The highest BCUT2D eigenvalue weighted by Gasteiger charge is 2.30. The van der Waals surface area contributed by atoms with Crippen LogP contribution in [0.15, 0.2) is 36.4 Å². The fourth-order valence-electron chi connectivity index (χ4n) is 3.35. The number of halogens is 1. The average Bonchev–Trinajstić information content (AvgIpc) is 3.12. The van der Waals surface area contributed by atoms with Crippen LogP contribution in [0, 0.1) is 5.92 Å². The van der Waals surface area contributed by atoms with Crippen LogP contribution in [0.5, 0.6) is 17.2 Å². The molecule has 1 aliphatic rings. The molecule has 2 aromatic carbocycles. The number of amides is 3. The molecule has 3 rings (SSSR count). The molecule has 3 amide bonds. The lowest BCUT2D eigenvalue weighted by molar-refractivity contribution is -0.117. The Bertz CT molecular complexity index is 894. The van der Waals surface area contributed by atoms with E-state index in [9.17, 15) is 9.59 Å². The van der Waals surface area contributed by atoms with E-state index in [0.29, 0.717) is 47.5 Å². The standard InChI is InChI=1S/C21H24ClN3O5/c1-28-17-9-15(10-18(29-2)20(17)30-3)24-21(27)23-11-13-8-19(26)25(12-13)16-6-4-14(22)5-7-16/h4-7,9-10,13H,8,11-12H2,1-3H3,(H2,23,24,27)/t13-/m1/s1. The van der Waals surface area contributed by atoms with Gasteiger partial charge in [-0.2, -0.15) is 0 Å². The average molecular weight is 434 g/mol. The smallest absolute Gasteiger partial charge is 0.319 e. The van der Waals surface area contributed by atoms with E-state index in [0.717, 1.165) is 5.69 Å². The van der Waals surface area contributed by atoms with Crippen LogP contribution in [-0.4, -0.2) is 46.4 Å². The first-order valence-electron chi connectivity index (χ1n) is 9.36. The summed E-state index contributed by atoms with van der Waals surface area (Å²) in [7, 11) is 4.52. The van der Waals surface area contributed by atoms with Crippen LogP contribution >= 0.6 is 11.6 Å². The van der Waals surface area contributed by atoms with Crippen molar-refractivity contribution in [2.45, 2.75) is 6.42 Å². The normalized spacial score (nSPS) is 15.7. The Labute approximate surface area is 180 Å². The van der Waals surface area contributed by atoms with Gasteiger partial charge in [0.25, 0.3) is 0 Å². The molecule has 0 unspecified atom stereocenters. The van der Waals surface area contributed by atoms with E-state index in [1.165, 1.54) is 21.3 Å². The van der Waals surface area contributed by atoms with Gasteiger partial charge in [-0.05, 0) is 24.3 Å². The number of ether oxygens (including phenoxy) is 3. The highest BCUT2D eigenvalue weighted by atomic mass is 35.5. The topological polar surface area (TPSA) is 89.1 Å². The van der Waals surface area contributed by atoms with Crippen molar-refractivity contribution in [3.8, 4) is 17.2 Å². The van der Waals surface area contributed by atoms with Gasteiger partial charge in [0.05, 0.1) is 27.0 Å². The molecular formula is C21H24ClN3O5. The second-order valence-electron chi connectivity index (χ2n) is 6.80. The molecule has 0 saturated carbocycles. The largest absolute Gasteiger partial charge is 0.493 e. The van der Waals surface area contributed by atoms with Crippen LogP contribution in [0.2, 0.25) is 5.02 Å². The molecule has 160 valence electrons. The minimum Gasteiger partial charge on any atom is -0.493 e. The summed E-state index contributed by atoms with van der Waals surface area (Å²) in [6, 6.07) is 10.0. The van der Waals surface area contributed by atoms with Crippen LogP contribution in [0.3, 0.4) is 0 Å². The van der Waals surface area contributed by atoms with Crippen molar-refractivity contribution in [1.29, 1.82) is 0 Å². The van der Waals surface area contributed by atoms with E-state index in [1.807, 2.05) is 12.1 Å². The zero-order valence-electron chi connectivity index (χ0n) is 17.0. The third kappa shape index (κ3) is 4.88. The zero-order valence-corrected chi connectivity index (χ0v) is 17.8. The number of nitrogens with zero attached hydrogens (tertiary/aromatic N) is 1. The second-order valence-corrected chi connectivity index (χ2v) is 7.24. The number of hydrogen-bond donors (Lipinski definition) is 2. The molecule has 1 fully saturated rings. The Morgan fingerprint density at radius 2 is 1.73 bits per heavy atom. The first-order chi connectivity index (χ1) is 14.4.